The number of carbonyl (C=O) groups is 1. The lowest BCUT2D eigenvalue weighted by molar-refractivity contribution is -0.118. The maximum absolute atomic E-state index is 11.2. The van der Waals surface area contributed by atoms with Crippen molar-refractivity contribution >= 4 is 28.5 Å². The van der Waals surface area contributed by atoms with Crippen molar-refractivity contribution < 1.29 is 4.79 Å². The van der Waals surface area contributed by atoms with Crippen molar-refractivity contribution in [1.82, 2.24) is 9.55 Å². The number of halogens is 1. The van der Waals surface area contributed by atoms with Gasteiger partial charge in [-0.05, 0) is 32.4 Å². The van der Waals surface area contributed by atoms with Crippen LogP contribution in [0.4, 0.5) is 0 Å². The summed E-state index contributed by atoms with van der Waals surface area (Å²) in [6.45, 7) is 5.87. The molecule has 2 N–H and O–H groups in total. The number of nitrogens with zero attached hydrogens (tertiary/aromatic N) is 2. The summed E-state index contributed by atoms with van der Waals surface area (Å²) in [5.41, 5.74) is 8.35. The second kappa shape index (κ2) is 5.21. The van der Waals surface area contributed by atoms with Gasteiger partial charge in [-0.25, -0.2) is 4.98 Å². The van der Waals surface area contributed by atoms with Crippen molar-refractivity contribution in [3.63, 3.8) is 0 Å². The minimum Gasteiger partial charge on any atom is -0.370 e. The molecule has 0 aliphatic carbocycles. The number of para-hydroxylation sites is 1. The summed E-state index contributed by atoms with van der Waals surface area (Å²) in [7, 11) is 0. The largest absolute Gasteiger partial charge is 0.370 e. The van der Waals surface area contributed by atoms with Gasteiger partial charge in [0.1, 0.15) is 5.82 Å². The van der Waals surface area contributed by atoms with E-state index in [1.54, 1.807) is 0 Å². The minimum atomic E-state index is -0.323. The van der Waals surface area contributed by atoms with Crippen LogP contribution in [0.5, 0.6) is 0 Å². The van der Waals surface area contributed by atoms with Gasteiger partial charge in [0.05, 0.1) is 16.4 Å². The Kier molecular flexibility index (Phi) is 3.80. The highest BCUT2D eigenvalue weighted by atomic mass is 35.5. The van der Waals surface area contributed by atoms with Gasteiger partial charge in [0.2, 0.25) is 5.91 Å². The number of aryl methyl sites for hydroxylation is 1. The number of aromatic nitrogens is 2. The quantitative estimate of drug-likeness (QED) is 0.874. The van der Waals surface area contributed by atoms with E-state index in [2.05, 4.69) is 4.98 Å². The zero-order valence-corrected chi connectivity index (χ0v) is 12.1. The third-order valence-electron chi connectivity index (χ3n) is 3.23. The molecule has 2 atom stereocenters. The topological polar surface area (TPSA) is 60.9 Å². The first-order chi connectivity index (χ1) is 8.91. The molecule has 2 rings (SSSR count). The van der Waals surface area contributed by atoms with Gasteiger partial charge in [-0.2, -0.15) is 0 Å². The highest BCUT2D eigenvalue weighted by molar-refractivity contribution is 6.20. The molecule has 4 nitrogen and oxygen atoms in total. The van der Waals surface area contributed by atoms with Crippen LogP contribution in [-0.4, -0.2) is 15.5 Å². The standard InChI is InChI=1S/C14H18ClN3O/c1-8-5-4-6-11-13(8)18(9(2)7-12(16)19)14(17-11)10(3)15/h4-6,9-10H,7H2,1-3H3,(H2,16,19). The molecule has 19 heavy (non-hydrogen) atoms. The Balaban J connectivity index is 2.67. The summed E-state index contributed by atoms with van der Waals surface area (Å²) in [5, 5.41) is -0.220. The fraction of sp³-hybridized carbons (Fsp3) is 0.429. The van der Waals surface area contributed by atoms with Gasteiger partial charge in [0.15, 0.2) is 0 Å². The van der Waals surface area contributed by atoms with Crippen molar-refractivity contribution in [2.75, 3.05) is 0 Å². The smallest absolute Gasteiger partial charge is 0.219 e. The number of imidazole rings is 1. The second-order valence-electron chi connectivity index (χ2n) is 4.92. The van der Waals surface area contributed by atoms with E-state index in [1.165, 1.54) is 0 Å². The second-order valence-corrected chi connectivity index (χ2v) is 5.57. The number of primary amides is 1. The molecule has 0 saturated heterocycles. The summed E-state index contributed by atoms with van der Waals surface area (Å²) in [6.07, 6.45) is 0.274. The van der Waals surface area contributed by atoms with E-state index < -0.39 is 0 Å². The van der Waals surface area contributed by atoms with E-state index in [1.807, 2.05) is 43.5 Å². The predicted molar refractivity (Wildman–Crippen MR) is 77.3 cm³/mol. The highest BCUT2D eigenvalue weighted by Crippen LogP contribution is 2.30. The SMILES string of the molecule is Cc1cccc2nc(C(C)Cl)n(C(C)CC(N)=O)c12. The van der Waals surface area contributed by atoms with Crippen LogP contribution < -0.4 is 5.73 Å². The van der Waals surface area contributed by atoms with Crippen molar-refractivity contribution in [2.45, 2.75) is 38.6 Å². The van der Waals surface area contributed by atoms with Gasteiger partial charge in [0, 0.05) is 12.5 Å². The summed E-state index contributed by atoms with van der Waals surface area (Å²) in [6, 6.07) is 5.90. The number of rotatable bonds is 4. The van der Waals surface area contributed by atoms with Crippen LogP contribution in [0.25, 0.3) is 11.0 Å². The third-order valence-corrected chi connectivity index (χ3v) is 3.43. The minimum absolute atomic E-state index is 0.0557. The molecule has 0 spiro atoms. The Bertz CT molecular complexity index is 618. The molecule has 0 aliphatic rings. The van der Waals surface area contributed by atoms with Crippen LogP contribution in [-0.2, 0) is 4.79 Å². The molecular formula is C14H18ClN3O. The highest BCUT2D eigenvalue weighted by Gasteiger charge is 2.21. The van der Waals surface area contributed by atoms with Crippen molar-refractivity contribution in [1.29, 1.82) is 0 Å². The van der Waals surface area contributed by atoms with Crippen LogP contribution >= 0.6 is 11.6 Å². The molecule has 0 fully saturated rings. The van der Waals surface area contributed by atoms with E-state index in [9.17, 15) is 4.79 Å². The molecule has 0 saturated carbocycles. The first-order valence-corrected chi connectivity index (χ1v) is 6.75. The number of fused-ring (bicyclic) bond motifs is 1. The predicted octanol–water partition coefficient (Wildman–Crippen LogP) is 3.08. The third kappa shape index (κ3) is 2.59. The van der Waals surface area contributed by atoms with E-state index in [0.717, 1.165) is 22.4 Å². The Morgan fingerprint density at radius 3 is 2.74 bits per heavy atom. The van der Waals surface area contributed by atoms with Gasteiger partial charge >= 0.3 is 0 Å². The number of amides is 1. The van der Waals surface area contributed by atoms with Crippen molar-refractivity contribution in [3.8, 4) is 0 Å². The van der Waals surface area contributed by atoms with Crippen LogP contribution in [0.3, 0.4) is 0 Å². The molecule has 1 heterocycles. The molecule has 2 aromatic rings. The number of nitrogens with two attached hydrogens (primary N) is 1. The maximum Gasteiger partial charge on any atom is 0.219 e. The molecule has 1 aromatic carbocycles. The summed E-state index contributed by atoms with van der Waals surface area (Å²) in [5.74, 6) is 0.454. The van der Waals surface area contributed by atoms with E-state index in [0.29, 0.717) is 0 Å². The number of benzene rings is 1. The van der Waals surface area contributed by atoms with Crippen molar-refractivity contribution in [3.05, 3.63) is 29.6 Å². The Labute approximate surface area is 117 Å². The van der Waals surface area contributed by atoms with Gasteiger partial charge in [-0.15, -0.1) is 11.6 Å². The number of hydrogen-bond acceptors (Lipinski definition) is 2. The maximum atomic E-state index is 11.2. The fourth-order valence-corrected chi connectivity index (χ4v) is 2.60. The number of carbonyl (C=O) groups excluding carboxylic acids is 1. The molecule has 1 amide bonds. The lowest BCUT2D eigenvalue weighted by atomic mass is 10.1. The first-order valence-electron chi connectivity index (χ1n) is 6.31. The Morgan fingerprint density at radius 2 is 2.16 bits per heavy atom. The van der Waals surface area contributed by atoms with Crippen LogP contribution in [0.2, 0.25) is 0 Å². The summed E-state index contributed by atoms with van der Waals surface area (Å²) >= 11 is 6.21. The Hall–Kier alpha value is -1.55. The molecule has 102 valence electrons. The number of hydrogen-bond donors (Lipinski definition) is 1. The fourth-order valence-electron chi connectivity index (χ4n) is 2.45. The molecule has 0 aliphatic heterocycles. The van der Waals surface area contributed by atoms with Gasteiger partial charge in [0.25, 0.3) is 0 Å². The zero-order valence-electron chi connectivity index (χ0n) is 11.4. The van der Waals surface area contributed by atoms with Gasteiger partial charge in [-0.1, -0.05) is 12.1 Å². The van der Waals surface area contributed by atoms with Crippen LogP contribution in [0, 0.1) is 6.92 Å². The van der Waals surface area contributed by atoms with E-state index >= 15 is 0 Å². The molecule has 2 unspecified atom stereocenters. The van der Waals surface area contributed by atoms with Crippen molar-refractivity contribution in [2.24, 2.45) is 5.73 Å². The van der Waals surface area contributed by atoms with Crippen LogP contribution in [0.1, 0.15) is 43.1 Å². The van der Waals surface area contributed by atoms with Crippen LogP contribution in [0.15, 0.2) is 18.2 Å². The molecule has 0 radical (unpaired) electrons. The molecular weight excluding hydrogens is 262 g/mol. The average molecular weight is 280 g/mol. The normalized spacial score (nSPS) is 14.5. The van der Waals surface area contributed by atoms with E-state index in [4.69, 9.17) is 17.3 Å². The molecule has 5 heteroatoms. The molecule has 0 bridgehead atoms. The van der Waals surface area contributed by atoms with Gasteiger partial charge in [-0.3, -0.25) is 4.79 Å². The van der Waals surface area contributed by atoms with E-state index in [-0.39, 0.29) is 23.7 Å². The monoisotopic (exact) mass is 279 g/mol. The number of alkyl halides is 1. The Morgan fingerprint density at radius 1 is 1.47 bits per heavy atom. The summed E-state index contributed by atoms with van der Waals surface area (Å²) in [4.78, 5) is 15.7. The van der Waals surface area contributed by atoms with Gasteiger partial charge < -0.3 is 10.3 Å². The molecule has 1 aromatic heterocycles. The lowest BCUT2D eigenvalue weighted by Crippen LogP contribution is -2.19. The lowest BCUT2D eigenvalue weighted by Gasteiger charge is -2.18. The zero-order chi connectivity index (χ0) is 14.2. The summed E-state index contributed by atoms with van der Waals surface area (Å²) < 4.78 is 2.03. The average Bonchev–Trinajstić information content (AvgIpc) is 2.68. The first kappa shape index (κ1) is 13.9.